The van der Waals surface area contributed by atoms with Gasteiger partial charge in [-0.3, -0.25) is 4.79 Å². The number of H-pyrrole nitrogens is 1. The van der Waals surface area contributed by atoms with E-state index < -0.39 is 0 Å². The van der Waals surface area contributed by atoms with Gasteiger partial charge in [0, 0.05) is 5.69 Å². The molecule has 0 spiro atoms. The van der Waals surface area contributed by atoms with Crippen LogP contribution in [0.25, 0.3) is 0 Å². The zero-order valence-electron chi connectivity index (χ0n) is 9.11. The first kappa shape index (κ1) is 10.4. The highest BCUT2D eigenvalue weighted by molar-refractivity contribution is 6.02. The number of hydrogen-bond acceptors (Lipinski definition) is 3. The number of aryl methyl sites for hydroxylation is 2. The van der Waals surface area contributed by atoms with Crippen LogP contribution in [0.5, 0.6) is 0 Å². The van der Waals surface area contributed by atoms with E-state index >= 15 is 0 Å². The first-order valence-electron chi connectivity index (χ1n) is 4.90. The summed E-state index contributed by atoms with van der Waals surface area (Å²) in [6.45, 7) is 3.97. The first-order valence-corrected chi connectivity index (χ1v) is 4.90. The molecule has 5 heteroatoms. The lowest BCUT2D eigenvalue weighted by atomic mass is 10.1. The topological polar surface area (TPSA) is 70.7 Å². The van der Waals surface area contributed by atoms with Gasteiger partial charge in [-0.2, -0.15) is 15.4 Å². The average Bonchev–Trinajstić information content (AvgIpc) is 2.68. The van der Waals surface area contributed by atoms with Crippen LogP contribution in [-0.4, -0.2) is 21.3 Å². The van der Waals surface area contributed by atoms with Crippen molar-refractivity contribution in [1.82, 2.24) is 15.4 Å². The minimum Gasteiger partial charge on any atom is -0.321 e. The summed E-state index contributed by atoms with van der Waals surface area (Å²) in [5, 5.41) is 12.5. The SMILES string of the molecule is Cc1cc(C)cc(NC(=O)c2cn[nH]n2)c1. The van der Waals surface area contributed by atoms with Gasteiger partial charge in [-0.05, 0) is 37.1 Å². The van der Waals surface area contributed by atoms with Gasteiger partial charge in [0.2, 0.25) is 0 Å². The second kappa shape index (κ2) is 4.14. The highest BCUT2D eigenvalue weighted by Crippen LogP contribution is 2.14. The number of nitrogens with one attached hydrogen (secondary N) is 2. The molecular formula is C11H12N4O. The summed E-state index contributed by atoms with van der Waals surface area (Å²) < 4.78 is 0. The zero-order chi connectivity index (χ0) is 11.5. The molecule has 82 valence electrons. The monoisotopic (exact) mass is 216 g/mol. The summed E-state index contributed by atoms with van der Waals surface area (Å²) in [6, 6.07) is 5.86. The van der Waals surface area contributed by atoms with Crippen molar-refractivity contribution in [3.63, 3.8) is 0 Å². The van der Waals surface area contributed by atoms with Crippen molar-refractivity contribution in [2.24, 2.45) is 0 Å². The van der Waals surface area contributed by atoms with E-state index in [-0.39, 0.29) is 11.6 Å². The number of amides is 1. The van der Waals surface area contributed by atoms with Gasteiger partial charge in [-0.25, -0.2) is 0 Å². The van der Waals surface area contributed by atoms with Crippen LogP contribution in [0.4, 0.5) is 5.69 Å². The Bertz CT molecular complexity index is 484. The number of aromatic nitrogens is 3. The summed E-state index contributed by atoms with van der Waals surface area (Å²) in [7, 11) is 0. The normalized spacial score (nSPS) is 10.1. The maximum Gasteiger partial charge on any atom is 0.277 e. The van der Waals surface area contributed by atoms with E-state index in [0.717, 1.165) is 16.8 Å². The van der Waals surface area contributed by atoms with Crippen molar-refractivity contribution < 1.29 is 4.79 Å². The fourth-order valence-electron chi connectivity index (χ4n) is 1.55. The predicted molar refractivity (Wildman–Crippen MR) is 60.3 cm³/mol. The van der Waals surface area contributed by atoms with Crippen LogP contribution >= 0.6 is 0 Å². The molecule has 0 unspecified atom stereocenters. The van der Waals surface area contributed by atoms with Crippen molar-refractivity contribution >= 4 is 11.6 Å². The minimum absolute atomic E-state index is 0.265. The standard InChI is InChI=1S/C11H12N4O/c1-7-3-8(2)5-9(4-7)13-11(16)10-6-12-15-14-10/h3-6H,1-2H3,(H,13,16)(H,12,14,15). The molecule has 16 heavy (non-hydrogen) atoms. The van der Waals surface area contributed by atoms with E-state index in [1.807, 2.05) is 32.0 Å². The van der Waals surface area contributed by atoms with E-state index in [0.29, 0.717) is 0 Å². The van der Waals surface area contributed by atoms with Crippen LogP contribution in [-0.2, 0) is 0 Å². The third-order valence-electron chi connectivity index (χ3n) is 2.13. The van der Waals surface area contributed by atoms with Crippen molar-refractivity contribution in [3.8, 4) is 0 Å². The summed E-state index contributed by atoms with van der Waals surface area (Å²) in [5.74, 6) is -0.265. The molecule has 0 aliphatic heterocycles. The fraction of sp³-hybridized carbons (Fsp3) is 0.182. The molecule has 1 aromatic carbocycles. The van der Waals surface area contributed by atoms with Crippen LogP contribution in [0.3, 0.4) is 0 Å². The van der Waals surface area contributed by atoms with Gasteiger partial charge in [0.05, 0.1) is 6.20 Å². The van der Waals surface area contributed by atoms with Crippen LogP contribution in [0, 0.1) is 13.8 Å². The Morgan fingerprint density at radius 3 is 2.50 bits per heavy atom. The second-order valence-corrected chi connectivity index (χ2v) is 3.69. The van der Waals surface area contributed by atoms with Gasteiger partial charge in [-0.15, -0.1) is 0 Å². The number of nitrogens with zero attached hydrogens (tertiary/aromatic N) is 2. The van der Waals surface area contributed by atoms with E-state index in [9.17, 15) is 4.79 Å². The highest BCUT2D eigenvalue weighted by Gasteiger charge is 2.08. The molecule has 0 bridgehead atoms. The maximum absolute atomic E-state index is 11.7. The van der Waals surface area contributed by atoms with Crippen LogP contribution in [0.15, 0.2) is 24.4 Å². The summed E-state index contributed by atoms with van der Waals surface area (Å²) in [6.07, 6.45) is 1.39. The molecule has 0 atom stereocenters. The molecule has 0 aliphatic carbocycles. The summed E-state index contributed by atoms with van der Waals surface area (Å²) in [4.78, 5) is 11.7. The Morgan fingerprint density at radius 1 is 1.25 bits per heavy atom. The molecule has 5 nitrogen and oxygen atoms in total. The molecule has 1 heterocycles. The fourth-order valence-corrected chi connectivity index (χ4v) is 1.55. The van der Waals surface area contributed by atoms with Crippen LogP contribution < -0.4 is 5.32 Å². The predicted octanol–water partition coefficient (Wildman–Crippen LogP) is 1.67. The molecule has 0 saturated heterocycles. The van der Waals surface area contributed by atoms with Gasteiger partial charge in [0.15, 0.2) is 5.69 Å². The van der Waals surface area contributed by atoms with Crippen molar-refractivity contribution in [3.05, 3.63) is 41.2 Å². The Morgan fingerprint density at radius 2 is 1.94 bits per heavy atom. The van der Waals surface area contributed by atoms with E-state index in [4.69, 9.17) is 0 Å². The smallest absolute Gasteiger partial charge is 0.277 e. The number of carbonyl (C=O) groups excluding carboxylic acids is 1. The lowest BCUT2D eigenvalue weighted by molar-refractivity contribution is 0.102. The quantitative estimate of drug-likeness (QED) is 0.802. The largest absolute Gasteiger partial charge is 0.321 e. The number of hydrogen-bond donors (Lipinski definition) is 2. The van der Waals surface area contributed by atoms with Crippen molar-refractivity contribution in [2.75, 3.05) is 5.32 Å². The Balaban J connectivity index is 2.18. The van der Waals surface area contributed by atoms with Crippen molar-refractivity contribution in [1.29, 1.82) is 0 Å². The number of carbonyl (C=O) groups is 1. The Hall–Kier alpha value is -2.17. The number of anilines is 1. The maximum atomic E-state index is 11.7. The summed E-state index contributed by atoms with van der Waals surface area (Å²) >= 11 is 0. The molecule has 0 aliphatic rings. The van der Waals surface area contributed by atoms with Crippen molar-refractivity contribution in [2.45, 2.75) is 13.8 Å². The molecule has 2 rings (SSSR count). The number of benzene rings is 1. The van der Waals surface area contributed by atoms with E-state index in [1.54, 1.807) is 0 Å². The Kier molecular flexibility index (Phi) is 2.68. The average molecular weight is 216 g/mol. The molecule has 2 aromatic rings. The molecule has 1 aromatic heterocycles. The molecule has 2 N–H and O–H groups in total. The lowest BCUT2D eigenvalue weighted by Crippen LogP contribution is -2.12. The Labute approximate surface area is 92.9 Å². The number of rotatable bonds is 2. The minimum atomic E-state index is -0.265. The molecular weight excluding hydrogens is 204 g/mol. The third-order valence-corrected chi connectivity index (χ3v) is 2.13. The molecule has 1 amide bonds. The van der Waals surface area contributed by atoms with E-state index in [2.05, 4.69) is 20.7 Å². The molecule has 0 radical (unpaired) electrons. The van der Waals surface area contributed by atoms with Gasteiger partial charge in [0.25, 0.3) is 5.91 Å². The third kappa shape index (κ3) is 2.25. The second-order valence-electron chi connectivity index (χ2n) is 3.69. The molecule has 0 fully saturated rings. The summed E-state index contributed by atoms with van der Waals surface area (Å²) in [5.41, 5.74) is 3.26. The molecule has 0 saturated carbocycles. The number of aromatic amines is 1. The highest BCUT2D eigenvalue weighted by atomic mass is 16.2. The zero-order valence-corrected chi connectivity index (χ0v) is 9.11. The first-order chi connectivity index (χ1) is 7.65. The van der Waals surface area contributed by atoms with Gasteiger partial charge >= 0.3 is 0 Å². The van der Waals surface area contributed by atoms with Gasteiger partial charge in [0.1, 0.15) is 0 Å². The van der Waals surface area contributed by atoms with Crippen LogP contribution in [0.1, 0.15) is 21.6 Å². The lowest BCUT2D eigenvalue weighted by Gasteiger charge is -2.05. The van der Waals surface area contributed by atoms with Crippen LogP contribution in [0.2, 0.25) is 0 Å². The van der Waals surface area contributed by atoms with Gasteiger partial charge < -0.3 is 5.32 Å². The van der Waals surface area contributed by atoms with Gasteiger partial charge in [-0.1, -0.05) is 6.07 Å². The van der Waals surface area contributed by atoms with E-state index in [1.165, 1.54) is 6.20 Å².